The summed E-state index contributed by atoms with van der Waals surface area (Å²) >= 11 is 0. The number of benzene rings is 1. The van der Waals surface area contributed by atoms with Crippen LogP contribution in [0.1, 0.15) is 18.4 Å². The van der Waals surface area contributed by atoms with E-state index >= 15 is 0 Å². The second-order valence-electron chi connectivity index (χ2n) is 5.36. The molecule has 7 heteroatoms. The summed E-state index contributed by atoms with van der Waals surface area (Å²) in [7, 11) is -3.30. The van der Waals surface area contributed by atoms with Gasteiger partial charge >= 0.3 is 0 Å². The Labute approximate surface area is 125 Å². The molecule has 3 N–H and O–H groups in total. The Morgan fingerprint density at radius 2 is 2.24 bits per heavy atom. The molecule has 1 aromatic carbocycles. The summed E-state index contributed by atoms with van der Waals surface area (Å²) in [6.45, 7) is 1.81. The molecule has 1 aliphatic heterocycles. The number of nitrogens with one attached hydrogen (secondary N) is 3. The van der Waals surface area contributed by atoms with E-state index in [1.807, 2.05) is 6.07 Å². The van der Waals surface area contributed by atoms with E-state index in [0.29, 0.717) is 5.69 Å². The molecule has 0 saturated carbocycles. The number of piperidine rings is 1. The van der Waals surface area contributed by atoms with Gasteiger partial charge in [0.05, 0.1) is 12.7 Å². The van der Waals surface area contributed by atoms with Gasteiger partial charge in [0.15, 0.2) is 0 Å². The van der Waals surface area contributed by atoms with Crippen molar-refractivity contribution in [2.45, 2.75) is 25.3 Å². The summed E-state index contributed by atoms with van der Waals surface area (Å²) in [5, 5.41) is 6.24. The van der Waals surface area contributed by atoms with Crippen LogP contribution in [0.2, 0.25) is 0 Å². The molecule has 0 aromatic heterocycles. The molecule has 116 valence electrons. The summed E-state index contributed by atoms with van der Waals surface area (Å²) in [4.78, 5) is 12.0. The largest absolute Gasteiger partial charge is 0.352 e. The monoisotopic (exact) mass is 311 g/mol. The zero-order valence-corrected chi connectivity index (χ0v) is 12.9. The number of anilines is 1. The first-order valence-corrected chi connectivity index (χ1v) is 8.88. The summed E-state index contributed by atoms with van der Waals surface area (Å²) < 4.78 is 24.8. The van der Waals surface area contributed by atoms with Crippen LogP contribution in [0.3, 0.4) is 0 Å². The minimum absolute atomic E-state index is 0.0415. The van der Waals surface area contributed by atoms with E-state index < -0.39 is 10.0 Å². The normalized spacial score (nSPS) is 19.0. The number of hydrogen-bond donors (Lipinski definition) is 3. The summed E-state index contributed by atoms with van der Waals surface area (Å²) in [6.07, 6.45) is 3.41. The molecule has 1 aromatic rings. The average Bonchev–Trinajstić information content (AvgIpc) is 2.38. The predicted octanol–water partition coefficient (Wildman–Crippen LogP) is 0.469. The molecule has 1 amide bonds. The van der Waals surface area contributed by atoms with E-state index in [-0.39, 0.29) is 18.4 Å². The summed E-state index contributed by atoms with van der Waals surface area (Å²) in [5.41, 5.74) is 1.26. The smallest absolute Gasteiger partial charge is 0.229 e. The number of amides is 1. The summed E-state index contributed by atoms with van der Waals surface area (Å²) in [6, 6.07) is 7.07. The van der Waals surface area contributed by atoms with Crippen molar-refractivity contribution in [2.75, 3.05) is 24.1 Å². The van der Waals surface area contributed by atoms with Gasteiger partial charge in [0, 0.05) is 18.3 Å². The van der Waals surface area contributed by atoms with Gasteiger partial charge in [0.2, 0.25) is 15.9 Å². The highest BCUT2D eigenvalue weighted by molar-refractivity contribution is 7.92. The van der Waals surface area contributed by atoms with Crippen molar-refractivity contribution < 1.29 is 13.2 Å². The van der Waals surface area contributed by atoms with Crippen LogP contribution in [0.25, 0.3) is 0 Å². The minimum atomic E-state index is -3.30. The maximum Gasteiger partial charge on any atom is 0.229 e. The molecule has 0 aliphatic carbocycles. The first-order valence-electron chi connectivity index (χ1n) is 6.99. The van der Waals surface area contributed by atoms with Gasteiger partial charge in [-0.05, 0) is 37.1 Å². The van der Waals surface area contributed by atoms with E-state index in [9.17, 15) is 13.2 Å². The first kappa shape index (κ1) is 15.8. The van der Waals surface area contributed by atoms with E-state index in [0.717, 1.165) is 37.8 Å². The standard InChI is InChI=1S/C14H21N3O3S/c1-21(19,20)17-12-5-2-4-11(8-12)9-14(18)16-13-6-3-7-15-10-13/h2,4-5,8,13,15,17H,3,6-7,9-10H2,1H3,(H,16,18)/t13-/m0/s1. The second-order valence-corrected chi connectivity index (χ2v) is 7.11. The quantitative estimate of drug-likeness (QED) is 0.737. The van der Waals surface area contributed by atoms with Gasteiger partial charge in [0.1, 0.15) is 0 Å². The Morgan fingerprint density at radius 3 is 2.90 bits per heavy atom. The Hall–Kier alpha value is -1.60. The second kappa shape index (κ2) is 6.91. The Balaban J connectivity index is 1.92. The molecule has 0 bridgehead atoms. The van der Waals surface area contributed by atoms with E-state index in [1.165, 1.54) is 0 Å². The zero-order chi connectivity index (χ0) is 15.3. The van der Waals surface area contributed by atoms with Crippen molar-refractivity contribution in [3.8, 4) is 0 Å². The van der Waals surface area contributed by atoms with Crippen molar-refractivity contribution in [1.82, 2.24) is 10.6 Å². The lowest BCUT2D eigenvalue weighted by molar-refractivity contribution is -0.121. The van der Waals surface area contributed by atoms with Gasteiger partial charge < -0.3 is 10.6 Å². The lowest BCUT2D eigenvalue weighted by atomic mass is 10.1. The molecule has 2 rings (SSSR count). The number of sulfonamides is 1. The highest BCUT2D eigenvalue weighted by Gasteiger charge is 2.15. The molecule has 1 saturated heterocycles. The number of hydrogen-bond acceptors (Lipinski definition) is 4. The van der Waals surface area contributed by atoms with Gasteiger partial charge in [-0.2, -0.15) is 0 Å². The van der Waals surface area contributed by atoms with Crippen molar-refractivity contribution in [2.24, 2.45) is 0 Å². The van der Waals surface area contributed by atoms with Crippen LogP contribution in [0, 0.1) is 0 Å². The van der Waals surface area contributed by atoms with Crippen molar-refractivity contribution in [1.29, 1.82) is 0 Å². The number of rotatable bonds is 5. The zero-order valence-electron chi connectivity index (χ0n) is 12.1. The Bertz CT molecular complexity index is 595. The molecule has 6 nitrogen and oxygen atoms in total. The molecule has 1 fully saturated rings. The first-order chi connectivity index (χ1) is 9.92. The number of carbonyl (C=O) groups excluding carboxylic acids is 1. The van der Waals surface area contributed by atoms with Crippen molar-refractivity contribution in [3.63, 3.8) is 0 Å². The molecule has 21 heavy (non-hydrogen) atoms. The summed E-state index contributed by atoms with van der Waals surface area (Å²) in [5.74, 6) is -0.0415. The average molecular weight is 311 g/mol. The lowest BCUT2D eigenvalue weighted by Crippen LogP contribution is -2.46. The van der Waals surface area contributed by atoms with Gasteiger partial charge in [-0.25, -0.2) is 8.42 Å². The van der Waals surface area contributed by atoms with E-state index in [2.05, 4.69) is 15.4 Å². The van der Waals surface area contributed by atoms with Gasteiger partial charge in [-0.15, -0.1) is 0 Å². The maximum atomic E-state index is 12.0. The van der Waals surface area contributed by atoms with Crippen LogP contribution in [0.5, 0.6) is 0 Å². The molecule has 0 unspecified atom stereocenters. The molecular weight excluding hydrogens is 290 g/mol. The molecule has 1 atom stereocenters. The van der Waals surface area contributed by atoms with E-state index in [1.54, 1.807) is 18.2 Å². The van der Waals surface area contributed by atoms with E-state index in [4.69, 9.17) is 0 Å². The maximum absolute atomic E-state index is 12.0. The van der Waals surface area contributed by atoms with Crippen LogP contribution >= 0.6 is 0 Å². The molecule has 0 radical (unpaired) electrons. The van der Waals surface area contributed by atoms with Crippen LogP contribution in [-0.2, 0) is 21.2 Å². The molecule has 1 heterocycles. The fourth-order valence-electron chi connectivity index (χ4n) is 2.40. The molecule has 0 spiro atoms. The topological polar surface area (TPSA) is 87.3 Å². The Morgan fingerprint density at radius 1 is 1.43 bits per heavy atom. The van der Waals surface area contributed by atoms with Crippen molar-refractivity contribution >= 4 is 21.6 Å². The number of carbonyl (C=O) groups is 1. The van der Waals surface area contributed by atoms with Crippen LogP contribution < -0.4 is 15.4 Å². The molecule has 1 aliphatic rings. The van der Waals surface area contributed by atoms with Gasteiger partial charge in [-0.3, -0.25) is 9.52 Å². The predicted molar refractivity (Wildman–Crippen MR) is 82.6 cm³/mol. The fraction of sp³-hybridized carbons (Fsp3) is 0.500. The van der Waals surface area contributed by atoms with Crippen LogP contribution in [-0.4, -0.2) is 39.7 Å². The van der Waals surface area contributed by atoms with Gasteiger partial charge in [0.25, 0.3) is 0 Å². The third-order valence-corrected chi connectivity index (χ3v) is 3.86. The third kappa shape index (κ3) is 5.73. The van der Waals surface area contributed by atoms with Gasteiger partial charge in [-0.1, -0.05) is 12.1 Å². The highest BCUT2D eigenvalue weighted by atomic mass is 32.2. The Kier molecular flexibility index (Phi) is 5.19. The van der Waals surface area contributed by atoms with Crippen LogP contribution in [0.4, 0.5) is 5.69 Å². The lowest BCUT2D eigenvalue weighted by Gasteiger charge is -2.23. The molecular formula is C14H21N3O3S. The fourth-order valence-corrected chi connectivity index (χ4v) is 2.95. The third-order valence-electron chi connectivity index (χ3n) is 3.26. The SMILES string of the molecule is CS(=O)(=O)Nc1cccc(CC(=O)N[C@H]2CCCNC2)c1. The van der Waals surface area contributed by atoms with Crippen LogP contribution in [0.15, 0.2) is 24.3 Å². The van der Waals surface area contributed by atoms with Crippen molar-refractivity contribution in [3.05, 3.63) is 29.8 Å². The highest BCUT2D eigenvalue weighted by Crippen LogP contribution is 2.12. The minimum Gasteiger partial charge on any atom is -0.352 e.